The summed E-state index contributed by atoms with van der Waals surface area (Å²) in [5.41, 5.74) is 3.57. The van der Waals surface area contributed by atoms with Gasteiger partial charge in [-0.2, -0.15) is 0 Å². The number of hydrogen-bond acceptors (Lipinski definition) is 5. The van der Waals surface area contributed by atoms with Gasteiger partial charge in [0, 0.05) is 11.3 Å². The quantitative estimate of drug-likeness (QED) is 0.324. The highest BCUT2D eigenvalue weighted by atomic mass is 16.5. The molecule has 0 bridgehead atoms. The van der Waals surface area contributed by atoms with Gasteiger partial charge in [-0.1, -0.05) is 51.1 Å². The molecule has 0 saturated carbocycles. The van der Waals surface area contributed by atoms with Gasteiger partial charge >= 0.3 is 0 Å². The average Bonchev–Trinajstić information content (AvgIpc) is 2.84. The highest BCUT2D eigenvalue weighted by Gasteiger charge is 2.20. The van der Waals surface area contributed by atoms with Crippen LogP contribution in [-0.2, 0) is 10.2 Å². The second-order valence-electron chi connectivity index (χ2n) is 9.71. The number of nitrogens with one attached hydrogen (secondary N) is 1. The molecule has 0 aliphatic carbocycles. The number of hydrogen-bond donors (Lipinski definition) is 1. The lowest BCUT2D eigenvalue weighted by Crippen LogP contribution is -2.22. The molecule has 0 fully saturated rings. The lowest BCUT2D eigenvalue weighted by Gasteiger charge is -2.19. The predicted octanol–water partition coefficient (Wildman–Crippen LogP) is 6.48. The van der Waals surface area contributed by atoms with Crippen molar-refractivity contribution < 1.29 is 18.7 Å². The average molecular weight is 486 g/mol. The standard InChI is InChI=1S/C30H31NO5/c1-6-34-23-14-12-22(13-15-23)31-26(32)18-35-29-27(33)24-16-7-19(2)17-25(24)36-28(29)20-8-10-21(11-9-20)30(3,4)5/h7-17H,6,18H2,1-5H3,(H,31,32). The van der Waals surface area contributed by atoms with Gasteiger partial charge in [-0.15, -0.1) is 0 Å². The van der Waals surface area contributed by atoms with Gasteiger partial charge in [-0.05, 0) is 66.8 Å². The van der Waals surface area contributed by atoms with E-state index in [1.165, 1.54) is 0 Å². The molecule has 6 heteroatoms. The van der Waals surface area contributed by atoms with E-state index < -0.39 is 5.91 Å². The lowest BCUT2D eigenvalue weighted by molar-refractivity contribution is -0.118. The first-order valence-electron chi connectivity index (χ1n) is 12.0. The molecular weight excluding hydrogens is 454 g/mol. The van der Waals surface area contributed by atoms with Crippen LogP contribution in [0.1, 0.15) is 38.8 Å². The van der Waals surface area contributed by atoms with Crippen molar-refractivity contribution >= 4 is 22.6 Å². The first kappa shape index (κ1) is 25.0. The third-order valence-corrected chi connectivity index (χ3v) is 5.82. The molecule has 0 saturated heterocycles. The molecule has 6 nitrogen and oxygen atoms in total. The fourth-order valence-electron chi connectivity index (χ4n) is 3.86. The molecule has 1 aromatic heterocycles. The van der Waals surface area contributed by atoms with Crippen LogP contribution < -0.4 is 20.2 Å². The van der Waals surface area contributed by atoms with Crippen molar-refractivity contribution in [2.45, 2.75) is 40.0 Å². The number of rotatable bonds is 7. The summed E-state index contributed by atoms with van der Waals surface area (Å²) >= 11 is 0. The Kier molecular flexibility index (Phi) is 7.15. The molecule has 0 aliphatic heterocycles. The molecular formula is C30H31NO5. The second kappa shape index (κ2) is 10.3. The van der Waals surface area contributed by atoms with Crippen LogP contribution in [0.25, 0.3) is 22.3 Å². The van der Waals surface area contributed by atoms with Gasteiger partial charge in [0.05, 0.1) is 12.0 Å². The maximum atomic E-state index is 13.4. The van der Waals surface area contributed by atoms with Crippen LogP contribution in [0.4, 0.5) is 5.69 Å². The molecule has 1 heterocycles. The highest BCUT2D eigenvalue weighted by Crippen LogP contribution is 2.33. The first-order valence-corrected chi connectivity index (χ1v) is 12.0. The van der Waals surface area contributed by atoms with Gasteiger partial charge < -0.3 is 19.2 Å². The zero-order chi connectivity index (χ0) is 25.9. The monoisotopic (exact) mass is 485 g/mol. The number of benzene rings is 3. The number of ether oxygens (including phenoxy) is 2. The summed E-state index contributed by atoms with van der Waals surface area (Å²) in [6.45, 7) is 10.5. The van der Waals surface area contributed by atoms with Crippen molar-refractivity contribution in [1.29, 1.82) is 0 Å². The normalized spacial score (nSPS) is 11.4. The van der Waals surface area contributed by atoms with Gasteiger partial charge in [0.2, 0.25) is 11.2 Å². The Morgan fingerprint density at radius 3 is 2.28 bits per heavy atom. The zero-order valence-electron chi connectivity index (χ0n) is 21.3. The maximum Gasteiger partial charge on any atom is 0.262 e. The summed E-state index contributed by atoms with van der Waals surface area (Å²) in [5.74, 6) is 0.638. The summed E-state index contributed by atoms with van der Waals surface area (Å²) in [5, 5.41) is 3.18. The van der Waals surface area contributed by atoms with Crippen molar-refractivity contribution in [2.24, 2.45) is 0 Å². The number of fused-ring (bicyclic) bond motifs is 1. The van der Waals surface area contributed by atoms with E-state index in [0.717, 1.165) is 16.9 Å². The largest absolute Gasteiger partial charge is 0.494 e. The zero-order valence-corrected chi connectivity index (χ0v) is 21.3. The van der Waals surface area contributed by atoms with Gasteiger partial charge in [-0.3, -0.25) is 9.59 Å². The van der Waals surface area contributed by atoms with Crippen LogP contribution in [-0.4, -0.2) is 19.1 Å². The topological polar surface area (TPSA) is 77.8 Å². The minimum Gasteiger partial charge on any atom is -0.494 e. The summed E-state index contributed by atoms with van der Waals surface area (Å²) < 4.78 is 17.4. The van der Waals surface area contributed by atoms with E-state index >= 15 is 0 Å². The van der Waals surface area contributed by atoms with E-state index in [1.54, 1.807) is 30.3 Å². The van der Waals surface area contributed by atoms with Crippen LogP contribution >= 0.6 is 0 Å². The minimum atomic E-state index is -0.392. The lowest BCUT2D eigenvalue weighted by atomic mass is 9.86. The predicted molar refractivity (Wildman–Crippen MR) is 143 cm³/mol. The summed E-state index contributed by atoms with van der Waals surface area (Å²) in [7, 11) is 0. The van der Waals surface area contributed by atoms with E-state index in [1.807, 2.05) is 50.2 Å². The molecule has 186 valence electrons. The molecule has 0 radical (unpaired) electrons. The fraction of sp³-hybridized carbons (Fsp3) is 0.267. The van der Waals surface area contributed by atoms with Crippen molar-refractivity contribution in [2.75, 3.05) is 18.5 Å². The molecule has 1 amide bonds. The van der Waals surface area contributed by atoms with Crippen molar-refractivity contribution in [3.63, 3.8) is 0 Å². The molecule has 3 aromatic carbocycles. The number of carbonyl (C=O) groups is 1. The van der Waals surface area contributed by atoms with Crippen LogP contribution in [0.5, 0.6) is 11.5 Å². The molecule has 0 atom stereocenters. The summed E-state index contributed by atoms with van der Waals surface area (Å²) in [6.07, 6.45) is 0. The third kappa shape index (κ3) is 5.60. The first-order chi connectivity index (χ1) is 17.2. The van der Waals surface area contributed by atoms with Crippen LogP contribution in [0.15, 0.2) is 75.9 Å². The Balaban J connectivity index is 1.64. The van der Waals surface area contributed by atoms with E-state index in [2.05, 4.69) is 26.1 Å². The van der Waals surface area contributed by atoms with Gasteiger partial charge in [-0.25, -0.2) is 0 Å². The molecule has 4 aromatic rings. The maximum absolute atomic E-state index is 13.4. The molecule has 1 N–H and O–H groups in total. The van der Waals surface area contributed by atoms with Crippen molar-refractivity contribution in [1.82, 2.24) is 0 Å². The van der Waals surface area contributed by atoms with Crippen LogP contribution in [0.3, 0.4) is 0 Å². The molecule has 36 heavy (non-hydrogen) atoms. The number of anilines is 1. The minimum absolute atomic E-state index is 0.0108. The van der Waals surface area contributed by atoms with Crippen LogP contribution in [0.2, 0.25) is 0 Å². The number of amides is 1. The Hall–Kier alpha value is -4.06. The Bertz CT molecular complexity index is 1430. The van der Waals surface area contributed by atoms with Crippen LogP contribution in [0, 0.1) is 6.92 Å². The number of aryl methyl sites for hydroxylation is 1. The molecule has 0 aliphatic rings. The van der Waals surface area contributed by atoms with E-state index in [0.29, 0.717) is 34.6 Å². The third-order valence-electron chi connectivity index (χ3n) is 5.82. The SMILES string of the molecule is CCOc1ccc(NC(=O)COc2c(-c3ccc(C(C)(C)C)cc3)oc3cc(C)ccc3c2=O)cc1. The summed E-state index contributed by atoms with van der Waals surface area (Å²) in [4.78, 5) is 26.0. The number of carbonyl (C=O) groups excluding carboxylic acids is 1. The molecule has 4 rings (SSSR count). The Morgan fingerprint density at radius 1 is 0.944 bits per heavy atom. The van der Waals surface area contributed by atoms with Gasteiger partial charge in [0.15, 0.2) is 12.4 Å². The smallest absolute Gasteiger partial charge is 0.262 e. The van der Waals surface area contributed by atoms with E-state index in [4.69, 9.17) is 13.9 Å². The van der Waals surface area contributed by atoms with Gasteiger partial charge in [0.1, 0.15) is 11.3 Å². The Morgan fingerprint density at radius 2 is 1.64 bits per heavy atom. The molecule has 0 spiro atoms. The molecule has 0 unspecified atom stereocenters. The Labute approximate surface area is 210 Å². The second-order valence-corrected chi connectivity index (χ2v) is 9.71. The summed E-state index contributed by atoms with van der Waals surface area (Å²) in [6, 6.07) is 20.3. The van der Waals surface area contributed by atoms with Gasteiger partial charge in [0.25, 0.3) is 5.91 Å². The highest BCUT2D eigenvalue weighted by molar-refractivity contribution is 5.92. The van der Waals surface area contributed by atoms with E-state index in [-0.39, 0.29) is 23.2 Å². The fourth-order valence-corrected chi connectivity index (χ4v) is 3.86. The van der Waals surface area contributed by atoms with Crippen molar-refractivity contribution in [3.05, 3.63) is 88.1 Å². The van der Waals surface area contributed by atoms with Crippen molar-refractivity contribution in [3.8, 4) is 22.8 Å². The van der Waals surface area contributed by atoms with E-state index in [9.17, 15) is 9.59 Å².